The Morgan fingerprint density at radius 2 is 1.64 bits per heavy atom. The number of anilines is 1. The lowest BCUT2D eigenvalue weighted by atomic mass is 10.0. The third-order valence-electron chi connectivity index (χ3n) is 3.38. The fourth-order valence-corrected chi connectivity index (χ4v) is 3.35. The van der Waals surface area contributed by atoms with Crippen molar-refractivity contribution in [3.05, 3.63) is 60.7 Å². The molecular formula is C17H20N2O2S. The smallest absolute Gasteiger partial charge is 0.241 e. The average Bonchev–Trinajstić information content (AvgIpc) is 2.55. The van der Waals surface area contributed by atoms with E-state index in [1.165, 1.54) is 0 Å². The van der Waals surface area contributed by atoms with Gasteiger partial charge < -0.3 is 11.1 Å². The van der Waals surface area contributed by atoms with Crippen molar-refractivity contribution in [1.29, 1.82) is 0 Å². The summed E-state index contributed by atoms with van der Waals surface area (Å²) >= 11 is 0. The zero-order chi connectivity index (χ0) is 15.9. The fraction of sp³-hybridized carbons (Fsp3) is 0.235. The van der Waals surface area contributed by atoms with Gasteiger partial charge in [-0.2, -0.15) is 0 Å². The largest absolute Gasteiger partial charge is 0.325 e. The number of para-hydroxylation sites is 1. The van der Waals surface area contributed by atoms with Gasteiger partial charge in [0.1, 0.15) is 0 Å². The van der Waals surface area contributed by atoms with Gasteiger partial charge in [-0.3, -0.25) is 9.00 Å². The van der Waals surface area contributed by atoms with E-state index in [2.05, 4.69) is 5.32 Å². The Balaban J connectivity index is 1.92. The second-order valence-corrected chi connectivity index (χ2v) is 6.68. The molecule has 0 spiro atoms. The Morgan fingerprint density at radius 3 is 2.23 bits per heavy atom. The first kappa shape index (κ1) is 16.4. The standard InChI is InChI=1S/C17H20N2O2S/c1-13(12-22(21)15-10-6-3-7-11-15)16(18)17(20)19-14-8-4-2-5-9-14/h2-11,13,16H,12,18H2,1H3,(H,19,20). The molecule has 0 aliphatic heterocycles. The molecule has 0 aromatic heterocycles. The molecule has 0 saturated carbocycles. The van der Waals surface area contributed by atoms with Crippen molar-refractivity contribution in [2.75, 3.05) is 11.1 Å². The van der Waals surface area contributed by atoms with Crippen LogP contribution in [0.15, 0.2) is 65.6 Å². The lowest BCUT2D eigenvalue weighted by molar-refractivity contribution is -0.118. The van der Waals surface area contributed by atoms with E-state index in [1.54, 1.807) is 12.1 Å². The van der Waals surface area contributed by atoms with Crippen molar-refractivity contribution < 1.29 is 9.00 Å². The van der Waals surface area contributed by atoms with Crippen LogP contribution in [-0.2, 0) is 15.6 Å². The molecule has 5 heteroatoms. The van der Waals surface area contributed by atoms with Crippen LogP contribution in [0.5, 0.6) is 0 Å². The van der Waals surface area contributed by atoms with Crippen LogP contribution >= 0.6 is 0 Å². The number of nitrogens with two attached hydrogens (primary N) is 1. The summed E-state index contributed by atoms with van der Waals surface area (Å²) in [5.41, 5.74) is 6.70. The summed E-state index contributed by atoms with van der Waals surface area (Å²) in [5.74, 6) is -0.0959. The summed E-state index contributed by atoms with van der Waals surface area (Å²) < 4.78 is 12.3. The molecular weight excluding hydrogens is 296 g/mol. The molecule has 0 bridgehead atoms. The Hall–Kier alpha value is -1.98. The van der Waals surface area contributed by atoms with Gasteiger partial charge in [0.15, 0.2) is 0 Å². The zero-order valence-electron chi connectivity index (χ0n) is 12.4. The fourth-order valence-electron chi connectivity index (χ4n) is 2.02. The van der Waals surface area contributed by atoms with Gasteiger partial charge >= 0.3 is 0 Å². The first-order valence-corrected chi connectivity index (χ1v) is 8.44. The summed E-state index contributed by atoms with van der Waals surface area (Å²) in [6.07, 6.45) is 0. The van der Waals surface area contributed by atoms with Crippen LogP contribution in [-0.4, -0.2) is 21.9 Å². The van der Waals surface area contributed by atoms with Gasteiger partial charge in [0, 0.05) is 16.3 Å². The van der Waals surface area contributed by atoms with Crippen LogP contribution in [0.3, 0.4) is 0 Å². The average molecular weight is 316 g/mol. The molecule has 4 nitrogen and oxygen atoms in total. The van der Waals surface area contributed by atoms with E-state index in [-0.39, 0.29) is 11.8 Å². The van der Waals surface area contributed by atoms with Crippen LogP contribution in [0.25, 0.3) is 0 Å². The minimum Gasteiger partial charge on any atom is -0.325 e. The van der Waals surface area contributed by atoms with Gasteiger partial charge in [0.05, 0.1) is 16.8 Å². The molecule has 22 heavy (non-hydrogen) atoms. The molecule has 0 fully saturated rings. The molecule has 0 saturated heterocycles. The molecule has 2 rings (SSSR count). The Kier molecular flexibility index (Phi) is 5.86. The van der Waals surface area contributed by atoms with Gasteiger partial charge in [-0.25, -0.2) is 0 Å². The van der Waals surface area contributed by atoms with Crippen molar-refractivity contribution in [3.63, 3.8) is 0 Å². The van der Waals surface area contributed by atoms with Crippen molar-refractivity contribution in [2.45, 2.75) is 17.9 Å². The molecule has 0 aliphatic carbocycles. The molecule has 3 N–H and O–H groups in total. The summed E-state index contributed by atoms with van der Waals surface area (Å²) in [7, 11) is -1.16. The van der Waals surface area contributed by atoms with Crippen molar-refractivity contribution in [3.8, 4) is 0 Å². The molecule has 1 amide bonds. The number of hydrogen-bond donors (Lipinski definition) is 2. The van der Waals surface area contributed by atoms with Gasteiger partial charge in [-0.1, -0.05) is 43.3 Å². The number of nitrogens with one attached hydrogen (secondary N) is 1. The SMILES string of the molecule is CC(CS(=O)c1ccccc1)C(N)C(=O)Nc1ccccc1. The summed E-state index contributed by atoms with van der Waals surface area (Å²) in [5, 5.41) is 2.77. The molecule has 3 atom stereocenters. The van der Waals surface area contributed by atoms with E-state index in [0.717, 1.165) is 4.90 Å². The van der Waals surface area contributed by atoms with Gasteiger partial charge in [0.25, 0.3) is 0 Å². The van der Waals surface area contributed by atoms with E-state index in [9.17, 15) is 9.00 Å². The number of hydrogen-bond acceptors (Lipinski definition) is 3. The van der Waals surface area contributed by atoms with Crippen LogP contribution in [0.1, 0.15) is 6.92 Å². The first-order chi connectivity index (χ1) is 10.6. The number of amides is 1. The van der Waals surface area contributed by atoms with Crippen LogP contribution < -0.4 is 11.1 Å². The highest BCUT2D eigenvalue weighted by Gasteiger charge is 2.23. The summed E-state index contributed by atoms with van der Waals surface area (Å²) in [4.78, 5) is 12.9. The van der Waals surface area contributed by atoms with Gasteiger partial charge in [-0.05, 0) is 30.2 Å². The van der Waals surface area contributed by atoms with E-state index in [0.29, 0.717) is 11.4 Å². The Labute approximate surface area is 133 Å². The van der Waals surface area contributed by atoms with E-state index < -0.39 is 16.8 Å². The minimum atomic E-state index is -1.16. The molecule has 0 radical (unpaired) electrons. The third-order valence-corrected chi connectivity index (χ3v) is 5.00. The summed E-state index contributed by atoms with van der Waals surface area (Å²) in [6, 6.07) is 17.7. The maximum atomic E-state index is 12.3. The quantitative estimate of drug-likeness (QED) is 0.859. The minimum absolute atomic E-state index is 0.190. The highest BCUT2D eigenvalue weighted by Crippen LogP contribution is 2.13. The predicted molar refractivity (Wildman–Crippen MR) is 89.9 cm³/mol. The molecule has 0 heterocycles. The number of rotatable bonds is 6. The number of carbonyl (C=O) groups excluding carboxylic acids is 1. The van der Waals surface area contributed by atoms with E-state index in [1.807, 2.05) is 55.5 Å². The molecule has 116 valence electrons. The van der Waals surface area contributed by atoms with Crippen LogP contribution in [0.4, 0.5) is 5.69 Å². The molecule has 3 unspecified atom stereocenters. The molecule has 2 aromatic carbocycles. The second-order valence-electron chi connectivity index (χ2n) is 5.18. The molecule has 2 aromatic rings. The topological polar surface area (TPSA) is 72.2 Å². The van der Waals surface area contributed by atoms with Gasteiger partial charge in [-0.15, -0.1) is 0 Å². The van der Waals surface area contributed by atoms with Crippen molar-refractivity contribution in [1.82, 2.24) is 0 Å². The van der Waals surface area contributed by atoms with E-state index in [4.69, 9.17) is 5.73 Å². The van der Waals surface area contributed by atoms with E-state index >= 15 is 0 Å². The van der Waals surface area contributed by atoms with Gasteiger partial charge in [0.2, 0.25) is 5.91 Å². The first-order valence-electron chi connectivity index (χ1n) is 7.13. The van der Waals surface area contributed by atoms with Crippen molar-refractivity contribution in [2.24, 2.45) is 11.7 Å². The third kappa shape index (κ3) is 4.51. The second kappa shape index (κ2) is 7.87. The Morgan fingerprint density at radius 1 is 1.09 bits per heavy atom. The predicted octanol–water partition coefficient (Wildman–Crippen LogP) is 2.40. The van der Waals surface area contributed by atoms with Crippen LogP contribution in [0, 0.1) is 5.92 Å². The molecule has 0 aliphatic rings. The lowest BCUT2D eigenvalue weighted by Gasteiger charge is -2.19. The van der Waals surface area contributed by atoms with Crippen LogP contribution in [0.2, 0.25) is 0 Å². The highest BCUT2D eigenvalue weighted by molar-refractivity contribution is 7.85. The Bertz CT molecular complexity index is 632. The number of benzene rings is 2. The number of carbonyl (C=O) groups is 1. The monoisotopic (exact) mass is 316 g/mol. The zero-order valence-corrected chi connectivity index (χ0v) is 13.3. The lowest BCUT2D eigenvalue weighted by Crippen LogP contribution is -2.42. The maximum Gasteiger partial charge on any atom is 0.241 e. The normalized spacial score (nSPS) is 14.8. The van der Waals surface area contributed by atoms with Crippen molar-refractivity contribution >= 4 is 22.4 Å². The maximum absolute atomic E-state index is 12.3. The summed E-state index contributed by atoms with van der Waals surface area (Å²) in [6.45, 7) is 1.84. The highest BCUT2D eigenvalue weighted by atomic mass is 32.2.